The predicted molar refractivity (Wildman–Crippen MR) is 163 cm³/mol. The number of nitrogens with zero attached hydrogens (tertiary/aromatic N) is 1. The van der Waals surface area contributed by atoms with Crippen LogP contribution in [0.4, 0.5) is 21.9 Å². The van der Waals surface area contributed by atoms with Gasteiger partial charge in [0, 0.05) is 36.7 Å². The van der Waals surface area contributed by atoms with Crippen molar-refractivity contribution in [3.63, 3.8) is 0 Å². The van der Waals surface area contributed by atoms with Crippen LogP contribution in [0.15, 0.2) is 97.1 Å². The van der Waals surface area contributed by atoms with E-state index in [4.69, 9.17) is 0 Å². The second-order valence-electron chi connectivity index (χ2n) is 10.5. The average Bonchev–Trinajstić information content (AvgIpc) is 2.97. The molecule has 3 amide bonds. The molecule has 0 aliphatic carbocycles. The number of fused-ring (bicyclic) bond motifs is 1. The first-order chi connectivity index (χ1) is 19.5. The maximum Gasteiger partial charge on any atom is 0.323 e. The van der Waals surface area contributed by atoms with Crippen LogP contribution >= 0.6 is 0 Å². The topological polar surface area (TPSA) is 73.5 Å². The van der Waals surface area contributed by atoms with Crippen LogP contribution in [0.1, 0.15) is 52.4 Å². The summed E-state index contributed by atoms with van der Waals surface area (Å²) in [7, 11) is 0. The molecule has 6 heteroatoms. The molecule has 4 aromatic rings. The summed E-state index contributed by atoms with van der Waals surface area (Å²) in [6, 6.07) is 31.6. The van der Waals surface area contributed by atoms with E-state index in [1.807, 2.05) is 54.6 Å². The highest BCUT2D eigenvalue weighted by Crippen LogP contribution is 2.30. The summed E-state index contributed by atoms with van der Waals surface area (Å²) in [6.45, 7) is 6.35. The highest BCUT2D eigenvalue weighted by Gasteiger charge is 2.22. The second-order valence-corrected chi connectivity index (χ2v) is 10.5. The molecule has 204 valence electrons. The summed E-state index contributed by atoms with van der Waals surface area (Å²) in [4.78, 5) is 28.5. The first-order valence-electron chi connectivity index (χ1n) is 13.9. The zero-order chi connectivity index (χ0) is 27.9. The second kappa shape index (κ2) is 12.5. The number of urea groups is 1. The molecular formula is C34H36N4O2. The molecule has 6 nitrogen and oxygen atoms in total. The lowest BCUT2D eigenvalue weighted by atomic mass is 9.98. The average molecular weight is 533 g/mol. The Labute approximate surface area is 236 Å². The third-order valence-electron chi connectivity index (χ3n) is 7.35. The normalized spacial score (nSPS) is 12.5. The van der Waals surface area contributed by atoms with Gasteiger partial charge in [0.1, 0.15) is 0 Å². The molecule has 0 fully saturated rings. The van der Waals surface area contributed by atoms with Gasteiger partial charge in [-0.25, -0.2) is 4.79 Å². The van der Waals surface area contributed by atoms with Gasteiger partial charge in [-0.15, -0.1) is 0 Å². The molecule has 0 atom stereocenters. The third kappa shape index (κ3) is 6.70. The number of hydrogen-bond acceptors (Lipinski definition) is 3. The van der Waals surface area contributed by atoms with Gasteiger partial charge in [0.15, 0.2) is 0 Å². The van der Waals surface area contributed by atoms with Gasteiger partial charge in [-0.05, 0) is 71.3 Å². The number of amides is 3. The van der Waals surface area contributed by atoms with Crippen LogP contribution in [-0.4, -0.2) is 25.0 Å². The number of nitrogens with one attached hydrogen (secondary N) is 3. The van der Waals surface area contributed by atoms with Crippen LogP contribution in [0.3, 0.4) is 0 Å². The molecule has 0 radical (unpaired) electrons. The van der Waals surface area contributed by atoms with E-state index in [9.17, 15) is 9.59 Å². The molecule has 1 heterocycles. The SMILES string of the molecule is CC(C)c1ccc(NC(=O)Nc2ccc(N3CCc4ccccc4C3)c(C(=O)NCCc3ccccc3)c2)cc1. The minimum Gasteiger partial charge on any atom is -0.366 e. The van der Waals surface area contributed by atoms with Gasteiger partial charge in [0.2, 0.25) is 0 Å². The molecule has 0 spiro atoms. The molecule has 5 rings (SSSR count). The van der Waals surface area contributed by atoms with Crippen molar-refractivity contribution < 1.29 is 9.59 Å². The van der Waals surface area contributed by atoms with Crippen molar-refractivity contribution >= 4 is 29.0 Å². The van der Waals surface area contributed by atoms with Crippen LogP contribution in [0, 0.1) is 0 Å². The number of benzene rings is 4. The standard InChI is InChI=1S/C34H36N4O2/c1-24(2)26-12-14-29(15-13-26)36-34(40)37-30-16-17-32(38-21-19-27-10-6-7-11-28(27)23-38)31(22-30)33(39)35-20-18-25-8-4-3-5-9-25/h3-17,22,24H,18-21,23H2,1-2H3,(H,35,39)(H2,36,37,40). The van der Waals surface area contributed by atoms with Gasteiger partial charge in [0.25, 0.3) is 5.91 Å². The van der Waals surface area contributed by atoms with E-state index in [1.54, 1.807) is 6.07 Å². The zero-order valence-electron chi connectivity index (χ0n) is 23.1. The van der Waals surface area contributed by atoms with Crippen molar-refractivity contribution in [2.45, 2.75) is 39.2 Å². The molecule has 3 N–H and O–H groups in total. The van der Waals surface area contributed by atoms with Gasteiger partial charge >= 0.3 is 6.03 Å². The Morgan fingerprint density at radius 2 is 1.48 bits per heavy atom. The molecule has 0 bridgehead atoms. The van der Waals surface area contributed by atoms with Crippen molar-refractivity contribution in [2.75, 3.05) is 28.6 Å². The Bertz CT molecular complexity index is 1470. The molecular weight excluding hydrogens is 496 g/mol. The summed E-state index contributed by atoms with van der Waals surface area (Å²) >= 11 is 0. The number of carbonyl (C=O) groups excluding carboxylic acids is 2. The maximum absolute atomic E-state index is 13.5. The van der Waals surface area contributed by atoms with E-state index in [1.165, 1.54) is 22.3 Å². The maximum atomic E-state index is 13.5. The minimum absolute atomic E-state index is 0.155. The van der Waals surface area contributed by atoms with Gasteiger partial charge in [-0.3, -0.25) is 4.79 Å². The van der Waals surface area contributed by atoms with Crippen LogP contribution in [0.25, 0.3) is 0 Å². The first-order valence-corrected chi connectivity index (χ1v) is 13.9. The van der Waals surface area contributed by atoms with Crippen molar-refractivity contribution in [2.24, 2.45) is 0 Å². The Balaban J connectivity index is 1.33. The Kier molecular flexibility index (Phi) is 8.45. The Morgan fingerprint density at radius 1 is 0.800 bits per heavy atom. The highest BCUT2D eigenvalue weighted by molar-refractivity contribution is 6.04. The quantitative estimate of drug-likeness (QED) is 0.229. The lowest BCUT2D eigenvalue weighted by Gasteiger charge is -2.32. The van der Waals surface area contributed by atoms with Gasteiger partial charge in [-0.1, -0.05) is 80.6 Å². The van der Waals surface area contributed by atoms with Crippen LogP contribution in [0.2, 0.25) is 0 Å². The third-order valence-corrected chi connectivity index (χ3v) is 7.35. The van der Waals surface area contributed by atoms with Crippen molar-refractivity contribution in [3.8, 4) is 0 Å². The summed E-state index contributed by atoms with van der Waals surface area (Å²) < 4.78 is 0. The lowest BCUT2D eigenvalue weighted by Crippen LogP contribution is -2.33. The van der Waals surface area contributed by atoms with E-state index in [2.05, 4.69) is 71.1 Å². The first kappa shape index (κ1) is 27.0. The molecule has 1 aliphatic heterocycles. The van der Waals surface area contributed by atoms with Crippen LogP contribution in [-0.2, 0) is 19.4 Å². The molecule has 40 heavy (non-hydrogen) atoms. The van der Waals surface area contributed by atoms with Gasteiger partial charge in [-0.2, -0.15) is 0 Å². The van der Waals surface area contributed by atoms with E-state index >= 15 is 0 Å². The summed E-state index contributed by atoms with van der Waals surface area (Å²) in [5.41, 5.74) is 7.69. The van der Waals surface area contributed by atoms with Crippen molar-refractivity contribution in [1.82, 2.24) is 5.32 Å². The summed E-state index contributed by atoms with van der Waals surface area (Å²) in [5.74, 6) is 0.269. The number of carbonyl (C=O) groups is 2. The molecule has 0 saturated carbocycles. The monoisotopic (exact) mass is 532 g/mol. The Hall–Kier alpha value is -4.58. The molecule has 0 unspecified atom stereocenters. The number of hydrogen-bond donors (Lipinski definition) is 3. The number of rotatable bonds is 8. The van der Waals surface area contributed by atoms with Crippen LogP contribution in [0.5, 0.6) is 0 Å². The van der Waals surface area contributed by atoms with Crippen molar-refractivity contribution in [1.29, 1.82) is 0 Å². The van der Waals surface area contributed by atoms with E-state index in [-0.39, 0.29) is 11.9 Å². The van der Waals surface area contributed by atoms with Gasteiger partial charge < -0.3 is 20.9 Å². The molecule has 0 aromatic heterocycles. The smallest absolute Gasteiger partial charge is 0.323 e. The van der Waals surface area contributed by atoms with E-state index in [0.29, 0.717) is 29.4 Å². The lowest BCUT2D eigenvalue weighted by molar-refractivity contribution is 0.0954. The Morgan fingerprint density at radius 3 is 2.23 bits per heavy atom. The van der Waals surface area contributed by atoms with Crippen LogP contribution < -0.4 is 20.9 Å². The summed E-state index contributed by atoms with van der Waals surface area (Å²) in [5, 5.41) is 8.87. The zero-order valence-corrected chi connectivity index (χ0v) is 23.1. The van der Waals surface area contributed by atoms with E-state index in [0.717, 1.165) is 31.6 Å². The molecule has 4 aromatic carbocycles. The summed E-state index contributed by atoms with van der Waals surface area (Å²) in [6.07, 6.45) is 1.66. The van der Waals surface area contributed by atoms with E-state index < -0.39 is 0 Å². The predicted octanol–water partition coefficient (Wildman–Crippen LogP) is 6.99. The fraction of sp³-hybridized carbons (Fsp3) is 0.235. The minimum atomic E-state index is -0.354. The molecule has 0 saturated heterocycles. The number of anilines is 3. The van der Waals surface area contributed by atoms with Gasteiger partial charge in [0.05, 0.1) is 5.56 Å². The fourth-order valence-corrected chi connectivity index (χ4v) is 5.08. The largest absolute Gasteiger partial charge is 0.366 e. The highest BCUT2D eigenvalue weighted by atomic mass is 16.2. The fourth-order valence-electron chi connectivity index (χ4n) is 5.08. The molecule has 1 aliphatic rings. The van der Waals surface area contributed by atoms with Crippen molar-refractivity contribution in [3.05, 3.63) is 125 Å².